The molecule has 112 valence electrons. The maximum atomic E-state index is 5.50. The molecule has 3 heteroatoms. The molecule has 1 spiro atoms. The monoisotopic (exact) mass is 268 g/mol. The van der Waals surface area contributed by atoms with Crippen molar-refractivity contribution in [1.82, 2.24) is 10.2 Å². The summed E-state index contributed by atoms with van der Waals surface area (Å²) in [5.41, 5.74) is 0.676. The van der Waals surface area contributed by atoms with E-state index in [1.807, 2.05) is 7.11 Å². The third kappa shape index (κ3) is 3.32. The lowest BCUT2D eigenvalue weighted by atomic mass is 9.77. The maximum absolute atomic E-state index is 5.50. The zero-order valence-corrected chi connectivity index (χ0v) is 13.3. The number of rotatable bonds is 4. The Labute approximate surface area is 119 Å². The minimum absolute atomic E-state index is 0.287. The van der Waals surface area contributed by atoms with Gasteiger partial charge in [0, 0.05) is 37.8 Å². The molecule has 2 aliphatic rings. The molecule has 1 aliphatic heterocycles. The first-order chi connectivity index (χ1) is 9.03. The number of methoxy groups -OCH3 is 1. The Morgan fingerprint density at radius 2 is 1.95 bits per heavy atom. The van der Waals surface area contributed by atoms with Crippen molar-refractivity contribution in [2.24, 2.45) is 0 Å². The summed E-state index contributed by atoms with van der Waals surface area (Å²) in [4.78, 5) is 2.70. The third-order valence-electron chi connectivity index (χ3n) is 5.55. The molecule has 1 aliphatic carbocycles. The normalized spacial score (nSPS) is 33.5. The van der Waals surface area contributed by atoms with E-state index in [0.717, 1.165) is 13.1 Å². The lowest BCUT2D eigenvalue weighted by Crippen LogP contribution is -2.70. The molecule has 0 radical (unpaired) electrons. The molecule has 1 saturated carbocycles. The van der Waals surface area contributed by atoms with Crippen molar-refractivity contribution in [3.8, 4) is 0 Å². The summed E-state index contributed by atoms with van der Waals surface area (Å²) < 4.78 is 5.50. The maximum Gasteiger partial charge on any atom is 0.0670 e. The first-order valence-corrected chi connectivity index (χ1v) is 8.06. The van der Waals surface area contributed by atoms with E-state index in [9.17, 15) is 0 Å². The average molecular weight is 268 g/mol. The molecule has 1 saturated heterocycles. The molecule has 0 aromatic heterocycles. The molecule has 19 heavy (non-hydrogen) atoms. The van der Waals surface area contributed by atoms with Gasteiger partial charge < -0.3 is 10.1 Å². The number of ether oxygens (including phenoxy) is 1. The van der Waals surface area contributed by atoms with Crippen LogP contribution in [0.25, 0.3) is 0 Å². The highest BCUT2D eigenvalue weighted by Crippen LogP contribution is 2.35. The first-order valence-electron chi connectivity index (χ1n) is 8.06. The van der Waals surface area contributed by atoms with Gasteiger partial charge >= 0.3 is 0 Å². The molecule has 1 N–H and O–H groups in total. The topological polar surface area (TPSA) is 24.5 Å². The standard InChI is InChI=1S/C16H32N2O/c1-5-15(3)12-17-16(9-7-6-8-10-16)13-18(15)11-14(2)19-4/h14,17H,5-13H2,1-4H3. The van der Waals surface area contributed by atoms with Crippen LogP contribution in [0.15, 0.2) is 0 Å². The smallest absolute Gasteiger partial charge is 0.0670 e. The molecular formula is C16H32N2O. The van der Waals surface area contributed by atoms with Gasteiger partial charge in [-0.15, -0.1) is 0 Å². The van der Waals surface area contributed by atoms with Crippen molar-refractivity contribution in [2.45, 2.75) is 76.5 Å². The van der Waals surface area contributed by atoms with Crippen LogP contribution < -0.4 is 5.32 Å². The molecule has 3 nitrogen and oxygen atoms in total. The van der Waals surface area contributed by atoms with Crippen LogP contribution in [0.1, 0.15) is 59.3 Å². The van der Waals surface area contributed by atoms with Gasteiger partial charge in [-0.3, -0.25) is 4.90 Å². The van der Waals surface area contributed by atoms with Crippen LogP contribution in [0.5, 0.6) is 0 Å². The fourth-order valence-corrected chi connectivity index (χ4v) is 3.68. The molecular weight excluding hydrogens is 236 g/mol. The molecule has 0 aromatic rings. The first kappa shape index (κ1) is 15.3. The Hall–Kier alpha value is -0.120. The highest BCUT2D eigenvalue weighted by Gasteiger charge is 2.44. The van der Waals surface area contributed by atoms with Crippen LogP contribution in [0.4, 0.5) is 0 Å². The largest absolute Gasteiger partial charge is 0.380 e. The van der Waals surface area contributed by atoms with E-state index in [-0.39, 0.29) is 5.54 Å². The average Bonchev–Trinajstić information content (AvgIpc) is 2.44. The van der Waals surface area contributed by atoms with Crippen molar-refractivity contribution >= 4 is 0 Å². The van der Waals surface area contributed by atoms with Gasteiger partial charge in [0.1, 0.15) is 0 Å². The lowest BCUT2D eigenvalue weighted by molar-refractivity contribution is -0.0326. The van der Waals surface area contributed by atoms with Crippen LogP contribution in [0.2, 0.25) is 0 Å². The summed E-state index contributed by atoms with van der Waals surface area (Å²) in [5.74, 6) is 0. The van der Waals surface area contributed by atoms with Crippen molar-refractivity contribution in [1.29, 1.82) is 0 Å². The van der Waals surface area contributed by atoms with Gasteiger partial charge in [0.25, 0.3) is 0 Å². The summed E-state index contributed by atoms with van der Waals surface area (Å²) in [5, 5.41) is 3.91. The predicted molar refractivity (Wildman–Crippen MR) is 80.6 cm³/mol. The van der Waals surface area contributed by atoms with Gasteiger partial charge in [0.2, 0.25) is 0 Å². The van der Waals surface area contributed by atoms with Gasteiger partial charge in [0.05, 0.1) is 6.10 Å². The molecule has 0 aromatic carbocycles. The minimum atomic E-state index is 0.287. The van der Waals surface area contributed by atoms with E-state index >= 15 is 0 Å². The van der Waals surface area contributed by atoms with E-state index in [0.29, 0.717) is 11.6 Å². The number of piperazine rings is 1. The second-order valence-corrected chi connectivity index (χ2v) is 6.97. The van der Waals surface area contributed by atoms with Crippen LogP contribution >= 0.6 is 0 Å². The Morgan fingerprint density at radius 1 is 1.26 bits per heavy atom. The number of hydrogen-bond acceptors (Lipinski definition) is 3. The predicted octanol–water partition coefficient (Wildman–Crippen LogP) is 2.80. The molecule has 2 rings (SSSR count). The summed E-state index contributed by atoms with van der Waals surface area (Å²) in [6.07, 6.45) is 8.43. The second kappa shape index (κ2) is 6.11. The number of nitrogens with one attached hydrogen (secondary N) is 1. The highest BCUT2D eigenvalue weighted by molar-refractivity contribution is 5.04. The molecule has 0 amide bonds. The Morgan fingerprint density at radius 3 is 2.53 bits per heavy atom. The summed E-state index contributed by atoms with van der Waals surface area (Å²) in [6, 6.07) is 0. The van der Waals surface area contributed by atoms with Crippen molar-refractivity contribution in [3.05, 3.63) is 0 Å². The van der Waals surface area contributed by atoms with Gasteiger partial charge in [0.15, 0.2) is 0 Å². The summed E-state index contributed by atoms with van der Waals surface area (Å²) in [6.45, 7) is 10.3. The zero-order chi connectivity index (χ0) is 13.9. The molecule has 0 bridgehead atoms. The van der Waals surface area contributed by atoms with Gasteiger partial charge in [-0.25, -0.2) is 0 Å². The van der Waals surface area contributed by atoms with E-state index < -0.39 is 0 Å². The van der Waals surface area contributed by atoms with E-state index in [1.54, 1.807) is 0 Å². The van der Waals surface area contributed by atoms with Crippen LogP contribution in [0, 0.1) is 0 Å². The van der Waals surface area contributed by atoms with Crippen molar-refractivity contribution < 1.29 is 4.74 Å². The Bertz CT molecular complexity index is 288. The van der Waals surface area contributed by atoms with E-state index in [1.165, 1.54) is 45.1 Å². The fraction of sp³-hybridized carbons (Fsp3) is 1.00. The molecule has 1 heterocycles. The molecule has 2 unspecified atom stereocenters. The van der Waals surface area contributed by atoms with Crippen LogP contribution in [-0.4, -0.2) is 48.8 Å². The SMILES string of the molecule is CCC1(C)CNC2(CCCCC2)CN1CC(C)OC. The summed E-state index contributed by atoms with van der Waals surface area (Å²) >= 11 is 0. The van der Waals surface area contributed by atoms with E-state index in [4.69, 9.17) is 4.74 Å². The highest BCUT2D eigenvalue weighted by atomic mass is 16.5. The minimum Gasteiger partial charge on any atom is -0.380 e. The molecule has 2 fully saturated rings. The fourth-order valence-electron chi connectivity index (χ4n) is 3.68. The van der Waals surface area contributed by atoms with Gasteiger partial charge in [-0.2, -0.15) is 0 Å². The van der Waals surface area contributed by atoms with Crippen LogP contribution in [0.3, 0.4) is 0 Å². The van der Waals surface area contributed by atoms with E-state index in [2.05, 4.69) is 31.0 Å². The van der Waals surface area contributed by atoms with Crippen molar-refractivity contribution in [3.63, 3.8) is 0 Å². The van der Waals surface area contributed by atoms with Crippen LogP contribution in [-0.2, 0) is 4.74 Å². The Kier molecular flexibility index (Phi) is 4.91. The Balaban J connectivity index is 2.08. The lowest BCUT2D eigenvalue weighted by Gasteiger charge is -2.55. The number of nitrogens with zero attached hydrogens (tertiary/aromatic N) is 1. The zero-order valence-electron chi connectivity index (χ0n) is 13.3. The third-order valence-corrected chi connectivity index (χ3v) is 5.55. The van der Waals surface area contributed by atoms with Crippen molar-refractivity contribution in [2.75, 3.05) is 26.7 Å². The van der Waals surface area contributed by atoms with Gasteiger partial charge in [-0.05, 0) is 33.1 Å². The number of hydrogen-bond donors (Lipinski definition) is 1. The van der Waals surface area contributed by atoms with Gasteiger partial charge in [-0.1, -0.05) is 26.2 Å². The summed E-state index contributed by atoms with van der Waals surface area (Å²) in [7, 11) is 1.83. The quantitative estimate of drug-likeness (QED) is 0.848. The molecule has 2 atom stereocenters. The second-order valence-electron chi connectivity index (χ2n) is 6.97.